The molecule has 0 aliphatic carbocycles. The van der Waals surface area contributed by atoms with Crippen LogP contribution in [0.25, 0.3) is 0 Å². The molecule has 3 N–H and O–H groups in total. The van der Waals surface area contributed by atoms with Gasteiger partial charge in [-0.25, -0.2) is 0 Å². The number of nitrogens with zero attached hydrogens (tertiary/aromatic N) is 1. The fraction of sp³-hybridized carbons (Fsp3) is 0.435. The number of β-amino-alcohol motifs (C(OH)–C–C–N with tert-alkyl or cyclic N) is 1. The average molecular weight is 480 g/mol. The molecule has 2 aromatic carbocycles. The van der Waals surface area contributed by atoms with Gasteiger partial charge < -0.3 is 30.1 Å². The summed E-state index contributed by atoms with van der Waals surface area (Å²) in [6.07, 6.45) is 0.478. The average Bonchev–Trinajstić information content (AvgIpc) is 2.79. The smallest absolute Gasteiger partial charge is 0.263 e. The number of benzene rings is 2. The van der Waals surface area contributed by atoms with E-state index in [0.717, 1.165) is 31.6 Å². The Bertz CT molecular complexity index is 920. The molecule has 2 unspecified atom stereocenters. The summed E-state index contributed by atoms with van der Waals surface area (Å²) in [4.78, 5) is 14.9. The number of fused-ring (bicyclic) bond motifs is 1. The lowest BCUT2D eigenvalue weighted by Gasteiger charge is -2.34. The van der Waals surface area contributed by atoms with Crippen LogP contribution in [0.4, 0.5) is 5.69 Å². The third-order valence-corrected chi connectivity index (χ3v) is 6.13. The largest absolute Gasteiger partial charge is 0.491 e. The van der Waals surface area contributed by atoms with Gasteiger partial charge in [0.1, 0.15) is 24.2 Å². The van der Waals surface area contributed by atoms with Crippen molar-refractivity contribution in [2.75, 3.05) is 38.1 Å². The summed E-state index contributed by atoms with van der Waals surface area (Å²) in [6.45, 7) is 2.75. The van der Waals surface area contributed by atoms with Gasteiger partial charge in [-0.1, -0.05) is 23.2 Å². The maximum Gasteiger partial charge on any atom is 0.263 e. The van der Waals surface area contributed by atoms with Gasteiger partial charge in [0, 0.05) is 35.7 Å². The highest BCUT2D eigenvalue weighted by molar-refractivity contribution is 6.31. The van der Waals surface area contributed by atoms with Crippen molar-refractivity contribution in [2.45, 2.75) is 31.1 Å². The lowest BCUT2D eigenvalue weighted by molar-refractivity contribution is -0.128. The SMILES string of the molecule is O=C(NC1CCN(CC(O)COc2ccc(Cl)cc2)CC1)C1CNc2cc(Cl)ccc2O1. The molecule has 4 rings (SSSR count). The number of anilines is 1. The second-order valence-electron chi connectivity index (χ2n) is 8.13. The van der Waals surface area contributed by atoms with E-state index in [1.165, 1.54) is 0 Å². The molecule has 32 heavy (non-hydrogen) atoms. The first-order valence-electron chi connectivity index (χ1n) is 10.8. The van der Waals surface area contributed by atoms with Crippen molar-refractivity contribution in [1.29, 1.82) is 0 Å². The van der Waals surface area contributed by atoms with E-state index in [9.17, 15) is 9.90 Å². The van der Waals surface area contributed by atoms with Crippen LogP contribution in [-0.4, -0.2) is 66.9 Å². The molecular formula is C23H27Cl2N3O4. The summed E-state index contributed by atoms with van der Waals surface area (Å²) < 4.78 is 11.5. The van der Waals surface area contributed by atoms with Crippen LogP contribution in [-0.2, 0) is 4.79 Å². The molecule has 1 saturated heterocycles. The molecule has 0 spiro atoms. The molecule has 7 nitrogen and oxygen atoms in total. The van der Waals surface area contributed by atoms with E-state index in [-0.39, 0.29) is 18.6 Å². The monoisotopic (exact) mass is 479 g/mol. The Labute approximate surface area is 197 Å². The number of hydrogen-bond donors (Lipinski definition) is 3. The van der Waals surface area contributed by atoms with Crippen LogP contribution in [0, 0.1) is 0 Å². The number of rotatable bonds is 7. The number of halogens is 2. The van der Waals surface area contributed by atoms with Gasteiger partial charge in [0.25, 0.3) is 5.91 Å². The van der Waals surface area contributed by atoms with Crippen molar-refractivity contribution >= 4 is 34.8 Å². The van der Waals surface area contributed by atoms with Crippen LogP contribution >= 0.6 is 23.2 Å². The predicted octanol–water partition coefficient (Wildman–Crippen LogP) is 3.19. The molecule has 1 amide bonds. The fourth-order valence-electron chi connectivity index (χ4n) is 3.91. The van der Waals surface area contributed by atoms with E-state index in [4.69, 9.17) is 32.7 Å². The molecule has 0 saturated carbocycles. The molecule has 1 fully saturated rings. The molecule has 0 bridgehead atoms. The molecule has 2 atom stereocenters. The Hall–Kier alpha value is -2.19. The lowest BCUT2D eigenvalue weighted by Crippen LogP contribution is -2.52. The Morgan fingerprint density at radius 2 is 1.91 bits per heavy atom. The van der Waals surface area contributed by atoms with E-state index in [0.29, 0.717) is 34.6 Å². The van der Waals surface area contributed by atoms with Gasteiger partial charge in [-0.15, -0.1) is 0 Å². The minimum Gasteiger partial charge on any atom is -0.491 e. The third-order valence-electron chi connectivity index (χ3n) is 5.64. The summed E-state index contributed by atoms with van der Waals surface area (Å²) in [5.41, 5.74) is 0.799. The fourth-order valence-corrected chi connectivity index (χ4v) is 4.21. The Balaban J connectivity index is 1.16. The molecule has 2 heterocycles. The third kappa shape index (κ3) is 6.19. The van der Waals surface area contributed by atoms with E-state index >= 15 is 0 Å². The van der Waals surface area contributed by atoms with Crippen molar-refractivity contribution < 1.29 is 19.4 Å². The molecule has 0 radical (unpaired) electrons. The summed E-state index contributed by atoms with van der Waals surface area (Å²) in [5.74, 6) is 1.19. The van der Waals surface area contributed by atoms with Crippen LogP contribution in [0.2, 0.25) is 10.0 Å². The van der Waals surface area contributed by atoms with Gasteiger partial charge in [0.15, 0.2) is 6.10 Å². The molecule has 2 aliphatic heterocycles. The highest BCUT2D eigenvalue weighted by atomic mass is 35.5. The molecule has 2 aromatic rings. The Morgan fingerprint density at radius 1 is 1.19 bits per heavy atom. The van der Waals surface area contributed by atoms with Crippen LogP contribution in [0.1, 0.15) is 12.8 Å². The standard InChI is InChI=1S/C23H27Cl2N3O4/c24-15-1-4-19(5-2-15)31-14-18(29)13-28-9-7-17(8-10-28)27-23(30)22-12-26-20-11-16(25)3-6-21(20)32-22/h1-6,11,17-18,22,26,29H,7-10,12-14H2,(H,27,30). The van der Waals surface area contributed by atoms with Crippen LogP contribution in [0.5, 0.6) is 11.5 Å². The second kappa shape index (κ2) is 10.6. The maximum atomic E-state index is 12.7. The zero-order valence-electron chi connectivity index (χ0n) is 17.6. The number of piperidine rings is 1. The number of aliphatic hydroxyl groups is 1. The van der Waals surface area contributed by atoms with Gasteiger partial charge in [-0.3, -0.25) is 4.79 Å². The molecule has 2 aliphatic rings. The topological polar surface area (TPSA) is 83.1 Å². The van der Waals surface area contributed by atoms with E-state index in [2.05, 4.69) is 15.5 Å². The predicted molar refractivity (Wildman–Crippen MR) is 125 cm³/mol. The van der Waals surface area contributed by atoms with Crippen molar-refractivity contribution in [3.05, 3.63) is 52.5 Å². The minimum atomic E-state index is -0.591. The highest BCUT2D eigenvalue weighted by Gasteiger charge is 2.29. The van der Waals surface area contributed by atoms with Crippen molar-refractivity contribution in [3.8, 4) is 11.5 Å². The molecule has 0 aromatic heterocycles. The number of carbonyl (C=O) groups is 1. The van der Waals surface area contributed by atoms with E-state index < -0.39 is 12.2 Å². The number of nitrogens with one attached hydrogen (secondary N) is 2. The summed E-state index contributed by atoms with van der Waals surface area (Å²) in [5, 5.41) is 17.9. The summed E-state index contributed by atoms with van der Waals surface area (Å²) in [7, 11) is 0. The van der Waals surface area contributed by atoms with E-state index in [1.807, 2.05) is 0 Å². The zero-order chi connectivity index (χ0) is 22.5. The maximum absolute atomic E-state index is 12.7. The normalized spacial score (nSPS) is 19.9. The lowest BCUT2D eigenvalue weighted by atomic mass is 10.0. The van der Waals surface area contributed by atoms with Gasteiger partial charge >= 0.3 is 0 Å². The van der Waals surface area contributed by atoms with Gasteiger partial charge in [-0.05, 0) is 55.3 Å². The second-order valence-corrected chi connectivity index (χ2v) is 9.00. The summed E-state index contributed by atoms with van der Waals surface area (Å²) in [6, 6.07) is 12.5. The highest BCUT2D eigenvalue weighted by Crippen LogP contribution is 2.31. The number of ether oxygens (including phenoxy) is 2. The van der Waals surface area contributed by atoms with E-state index in [1.54, 1.807) is 42.5 Å². The number of hydrogen-bond acceptors (Lipinski definition) is 6. The van der Waals surface area contributed by atoms with Crippen molar-refractivity contribution in [1.82, 2.24) is 10.2 Å². The van der Waals surface area contributed by atoms with Crippen molar-refractivity contribution in [3.63, 3.8) is 0 Å². The first-order valence-corrected chi connectivity index (χ1v) is 11.5. The molecule has 9 heteroatoms. The number of aliphatic hydroxyl groups excluding tert-OH is 1. The van der Waals surface area contributed by atoms with Crippen molar-refractivity contribution in [2.24, 2.45) is 0 Å². The number of carbonyl (C=O) groups excluding carboxylic acids is 1. The summed E-state index contributed by atoms with van der Waals surface area (Å²) >= 11 is 11.9. The minimum absolute atomic E-state index is 0.0939. The zero-order valence-corrected chi connectivity index (χ0v) is 19.1. The Morgan fingerprint density at radius 3 is 2.66 bits per heavy atom. The van der Waals surface area contributed by atoms with Gasteiger partial charge in [0.05, 0.1) is 12.2 Å². The molecule has 172 valence electrons. The Kier molecular flexibility index (Phi) is 7.63. The number of likely N-dealkylation sites (tertiary alicyclic amines) is 1. The van der Waals surface area contributed by atoms with Gasteiger partial charge in [0.2, 0.25) is 0 Å². The van der Waals surface area contributed by atoms with Crippen LogP contribution in [0.15, 0.2) is 42.5 Å². The quantitative estimate of drug-likeness (QED) is 0.565. The molecular weight excluding hydrogens is 453 g/mol. The van der Waals surface area contributed by atoms with Gasteiger partial charge in [-0.2, -0.15) is 0 Å². The first-order chi connectivity index (χ1) is 15.5. The van der Waals surface area contributed by atoms with Crippen LogP contribution < -0.4 is 20.1 Å². The van der Waals surface area contributed by atoms with Crippen LogP contribution in [0.3, 0.4) is 0 Å². The first kappa shape index (κ1) is 23.0. The number of amides is 1.